The predicted molar refractivity (Wildman–Crippen MR) is 116 cm³/mol. The smallest absolute Gasteiger partial charge is 0.337 e. The van der Waals surface area contributed by atoms with Crippen molar-refractivity contribution >= 4 is 12.3 Å². The standard InChI is InChI=1S/C24H36O4/c1-19(9-6-10-20(2)12-8-14-22(4)17-25)11-7-13-21(3)15-16-28-24(27)23(5)18-26/h10-11,14-15,17-18,26H,6-9,12-13,16H2,1-5H3/b19-11+,20-10+,21-15+,22-14+,23-18-. The molecule has 1 N–H and O–H groups in total. The third-order valence-electron chi connectivity index (χ3n) is 4.42. The van der Waals surface area contributed by atoms with Crippen LogP contribution in [0.4, 0.5) is 0 Å². The summed E-state index contributed by atoms with van der Waals surface area (Å²) in [5.41, 5.74) is 4.91. The number of hydrogen-bond donors (Lipinski definition) is 1. The highest BCUT2D eigenvalue weighted by Gasteiger charge is 2.03. The van der Waals surface area contributed by atoms with Gasteiger partial charge in [0.2, 0.25) is 0 Å². The minimum absolute atomic E-state index is 0.196. The van der Waals surface area contributed by atoms with Gasteiger partial charge in [-0.25, -0.2) is 4.79 Å². The van der Waals surface area contributed by atoms with Gasteiger partial charge in [-0.05, 0) is 84.8 Å². The predicted octanol–water partition coefficient (Wildman–Crippen LogP) is 6.32. The Morgan fingerprint density at radius 3 is 1.71 bits per heavy atom. The second-order valence-electron chi connectivity index (χ2n) is 7.24. The van der Waals surface area contributed by atoms with Crippen molar-refractivity contribution in [3.8, 4) is 0 Å². The fraction of sp³-hybridized carbons (Fsp3) is 0.500. The maximum Gasteiger partial charge on any atom is 0.337 e. The van der Waals surface area contributed by atoms with Crippen molar-refractivity contribution in [3.63, 3.8) is 0 Å². The number of carbonyl (C=O) groups excluding carboxylic acids is 2. The minimum atomic E-state index is -0.500. The first-order valence-corrected chi connectivity index (χ1v) is 9.87. The van der Waals surface area contributed by atoms with E-state index >= 15 is 0 Å². The van der Waals surface area contributed by atoms with Gasteiger partial charge < -0.3 is 9.84 Å². The van der Waals surface area contributed by atoms with Crippen LogP contribution in [0.2, 0.25) is 0 Å². The zero-order chi connectivity index (χ0) is 21.4. The van der Waals surface area contributed by atoms with Gasteiger partial charge in [-0.3, -0.25) is 4.79 Å². The maximum absolute atomic E-state index is 11.4. The molecular formula is C24H36O4. The third-order valence-corrected chi connectivity index (χ3v) is 4.42. The van der Waals surface area contributed by atoms with E-state index in [1.54, 1.807) is 0 Å². The van der Waals surface area contributed by atoms with E-state index in [1.807, 2.05) is 26.0 Å². The molecule has 0 atom stereocenters. The second-order valence-corrected chi connectivity index (χ2v) is 7.24. The first kappa shape index (κ1) is 25.6. The van der Waals surface area contributed by atoms with Crippen LogP contribution < -0.4 is 0 Å². The average Bonchev–Trinajstić information content (AvgIpc) is 2.66. The molecule has 0 fully saturated rings. The number of carbonyl (C=O) groups is 2. The van der Waals surface area contributed by atoms with Crippen molar-refractivity contribution in [1.29, 1.82) is 0 Å². The zero-order valence-corrected chi connectivity index (χ0v) is 18.1. The normalized spacial score (nSPS) is 14.2. The van der Waals surface area contributed by atoms with Gasteiger partial charge in [-0.1, -0.05) is 34.9 Å². The SMILES string of the molecule is C/C(=C/O)C(=O)OC/C=C(\C)CC/C=C(\C)CC/C=C(\C)CC/C=C(\C)C=O. The molecule has 0 saturated carbocycles. The number of aliphatic hydroxyl groups excluding tert-OH is 1. The Kier molecular flexibility index (Phi) is 14.4. The summed E-state index contributed by atoms with van der Waals surface area (Å²) in [4.78, 5) is 21.9. The minimum Gasteiger partial charge on any atom is -0.515 e. The van der Waals surface area contributed by atoms with Crippen molar-refractivity contribution in [3.05, 3.63) is 58.4 Å². The Labute approximate surface area is 170 Å². The molecular weight excluding hydrogens is 352 g/mol. The van der Waals surface area contributed by atoms with E-state index in [4.69, 9.17) is 9.84 Å². The topological polar surface area (TPSA) is 63.6 Å². The van der Waals surface area contributed by atoms with Crippen LogP contribution in [0.3, 0.4) is 0 Å². The van der Waals surface area contributed by atoms with Gasteiger partial charge in [0, 0.05) is 0 Å². The molecule has 0 radical (unpaired) electrons. The number of aldehydes is 1. The Bertz CT molecular complexity index is 646. The summed E-state index contributed by atoms with van der Waals surface area (Å²) in [6.07, 6.45) is 16.0. The monoisotopic (exact) mass is 388 g/mol. The van der Waals surface area contributed by atoms with Crippen LogP contribution in [0.15, 0.2) is 58.4 Å². The molecule has 4 nitrogen and oxygen atoms in total. The molecule has 0 spiro atoms. The van der Waals surface area contributed by atoms with Gasteiger partial charge >= 0.3 is 5.97 Å². The van der Waals surface area contributed by atoms with Gasteiger partial charge in [0.25, 0.3) is 0 Å². The number of hydrogen-bond acceptors (Lipinski definition) is 4. The van der Waals surface area contributed by atoms with Crippen molar-refractivity contribution in [2.45, 2.75) is 73.1 Å². The second kappa shape index (κ2) is 15.7. The largest absolute Gasteiger partial charge is 0.515 e. The van der Waals surface area contributed by atoms with Crippen LogP contribution in [0, 0.1) is 0 Å². The highest BCUT2D eigenvalue weighted by atomic mass is 16.5. The fourth-order valence-corrected chi connectivity index (χ4v) is 2.40. The molecule has 0 rings (SSSR count). The molecule has 0 aromatic heterocycles. The highest BCUT2D eigenvalue weighted by molar-refractivity contribution is 5.87. The first-order chi connectivity index (χ1) is 13.3. The lowest BCUT2D eigenvalue weighted by molar-refractivity contribution is -0.137. The Morgan fingerprint density at radius 1 is 0.786 bits per heavy atom. The van der Waals surface area contributed by atoms with Crippen LogP contribution in [0.1, 0.15) is 73.1 Å². The summed E-state index contributed by atoms with van der Waals surface area (Å²) in [6.45, 7) is 9.89. The molecule has 0 aliphatic rings. The van der Waals surface area contributed by atoms with Crippen LogP contribution in [0.25, 0.3) is 0 Å². The van der Waals surface area contributed by atoms with E-state index in [-0.39, 0.29) is 12.2 Å². The molecule has 0 aliphatic carbocycles. The van der Waals surface area contributed by atoms with E-state index in [2.05, 4.69) is 26.0 Å². The summed E-state index contributed by atoms with van der Waals surface area (Å²) in [5, 5.41) is 8.74. The van der Waals surface area contributed by atoms with E-state index < -0.39 is 5.97 Å². The number of rotatable bonds is 13. The van der Waals surface area contributed by atoms with Crippen LogP contribution in [-0.2, 0) is 14.3 Å². The lowest BCUT2D eigenvalue weighted by Crippen LogP contribution is -2.05. The van der Waals surface area contributed by atoms with Crippen molar-refractivity contribution in [2.75, 3.05) is 6.61 Å². The lowest BCUT2D eigenvalue weighted by Gasteiger charge is -2.04. The first-order valence-electron chi connectivity index (χ1n) is 9.87. The third kappa shape index (κ3) is 13.8. The number of esters is 1. The van der Waals surface area contributed by atoms with Crippen molar-refractivity contribution < 1.29 is 19.4 Å². The highest BCUT2D eigenvalue weighted by Crippen LogP contribution is 2.13. The number of allylic oxidation sites excluding steroid dienone is 7. The quantitative estimate of drug-likeness (QED) is 0.132. The fourth-order valence-electron chi connectivity index (χ4n) is 2.40. The molecule has 28 heavy (non-hydrogen) atoms. The molecule has 0 aromatic rings. The summed E-state index contributed by atoms with van der Waals surface area (Å²) < 4.78 is 5.03. The van der Waals surface area contributed by atoms with E-state index in [9.17, 15) is 9.59 Å². The van der Waals surface area contributed by atoms with E-state index in [0.717, 1.165) is 56.6 Å². The van der Waals surface area contributed by atoms with Gasteiger partial charge in [-0.15, -0.1) is 0 Å². The molecule has 156 valence electrons. The zero-order valence-electron chi connectivity index (χ0n) is 18.1. The number of ether oxygens (including phenoxy) is 1. The number of aliphatic hydroxyl groups is 1. The van der Waals surface area contributed by atoms with Gasteiger partial charge in [0.15, 0.2) is 0 Å². The summed E-state index contributed by atoms with van der Waals surface area (Å²) in [7, 11) is 0. The van der Waals surface area contributed by atoms with Crippen LogP contribution >= 0.6 is 0 Å². The summed E-state index contributed by atoms with van der Waals surface area (Å²) in [6, 6.07) is 0. The van der Waals surface area contributed by atoms with Gasteiger partial charge in [0.05, 0.1) is 11.8 Å². The Balaban J connectivity index is 4.11. The van der Waals surface area contributed by atoms with Gasteiger partial charge in [0.1, 0.15) is 12.9 Å². The molecule has 4 heteroatoms. The molecule has 0 heterocycles. The molecule has 0 bridgehead atoms. The Hall–Kier alpha value is -2.36. The van der Waals surface area contributed by atoms with Crippen molar-refractivity contribution in [1.82, 2.24) is 0 Å². The molecule has 0 amide bonds. The molecule has 0 aliphatic heterocycles. The molecule has 0 unspecified atom stereocenters. The van der Waals surface area contributed by atoms with Gasteiger partial charge in [-0.2, -0.15) is 0 Å². The molecule has 0 aromatic carbocycles. The lowest BCUT2D eigenvalue weighted by atomic mass is 10.0. The Morgan fingerprint density at radius 2 is 1.25 bits per heavy atom. The van der Waals surface area contributed by atoms with E-state index in [1.165, 1.54) is 23.6 Å². The maximum atomic E-state index is 11.4. The average molecular weight is 389 g/mol. The molecule has 0 saturated heterocycles. The van der Waals surface area contributed by atoms with Crippen molar-refractivity contribution in [2.24, 2.45) is 0 Å². The van der Waals surface area contributed by atoms with Crippen LogP contribution in [-0.4, -0.2) is 24.0 Å². The summed E-state index contributed by atoms with van der Waals surface area (Å²) in [5.74, 6) is -0.500. The summed E-state index contributed by atoms with van der Waals surface area (Å²) >= 11 is 0. The van der Waals surface area contributed by atoms with E-state index in [0.29, 0.717) is 0 Å². The van der Waals surface area contributed by atoms with Crippen LogP contribution in [0.5, 0.6) is 0 Å².